The molecule has 0 spiro atoms. The zero-order chi connectivity index (χ0) is 23.8. The quantitative estimate of drug-likeness (QED) is 0.174. The van der Waals surface area contributed by atoms with E-state index in [9.17, 15) is 9.59 Å². The summed E-state index contributed by atoms with van der Waals surface area (Å²) in [4.78, 5) is 30.9. The number of thiazole rings is 1. The van der Waals surface area contributed by atoms with Crippen LogP contribution in [0, 0.1) is 3.57 Å². The first-order valence-corrected chi connectivity index (χ1v) is 12.0. The standard InChI is InChI=1S/C25H17IN2O5S/c1-31-16-9-7-15(8-10-16)24(30)33-22-17(26)11-14(12-20(22)32-2)13-21-23(29)28-19-6-4-3-5-18(19)27-25(28)34-21/h3-13H,1-2H3/b21-13-. The Bertz CT molecular complexity index is 1660. The van der Waals surface area contributed by atoms with Crippen LogP contribution in [0.3, 0.4) is 0 Å². The van der Waals surface area contributed by atoms with Crippen LogP contribution in [0.5, 0.6) is 17.2 Å². The van der Waals surface area contributed by atoms with E-state index in [1.807, 2.05) is 30.3 Å². The number of ether oxygens (including phenoxy) is 3. The molecule has 0 radical (unpaired) electrons. The molecule has 5 rings (SSSR count). The summed E-state index contributed by atoms with van der Waals surface area (Å²) in [6.07, 6.45) is 1.79. The van der Waals surface area contributed by atoms with Gasteiger partial charge in [-0.2, -0.15) is 0 Å². The summed E-state index contributed by atoms with van der Waals surface area (Å²) in [5.74, 6) is 0.841. The Morgan fingerprint density at radius 3 is 2.56 bits per heavy atom. The van der Waals surface area contributed by atoms with Gasteiger partial charge in [-0.3, -0.25) is 4.79 Å². The predicted molar refractivity (Wildman–Crippen MR) is 139 cm³/mol. The number of carbonyl (C=O) groups excluding carboxylic acids is 1. The van der Waals surface area contributed by atoms with Crippen molar-refractivity contribution >= 4 is 62.0 Å². The Kier molecular flexibility index (Phi) is 5.96. The molecule has 5 aromatic rings. The highest BCUT2D eigenvalue weighted by molar-refractivity contribution is 14.1. The number of hydrogen-bond acceptors (Lipinski definition) is 7. The highest BCUT2D eigenvalue weighted by atomic mass is 127. The molecule has 0 atom stereocenters. The van der Waals surface area contributed by atoms with Gasteiger partial charge in [0.15, 0.2) is 16.5 Å². The second-order valence-corrected chi connectivity index (χ2v) is 9.46. The van der Waals surface area contributed by atoms with Gasteiger partial charge in [0, 0.05) is 0 Å². The van der Waals surface area contributed by atoms with E-state index < -0.39 is 5.97 Å². The van der Waals surface area contributed by atoms with Gasteiger partial charge in [-0.1, -0.05) is 23.5 Å². The molecule has 0 unspecified atom stereocenters. The third-order valence-corrected chi connectivity index (χ3v) is 6.99. The van der Waals surface area contributed by atoms with Crippen molar-refractivity contribution in [3.05, 3.63) is 90.2 Å². The molecule has 9 heteroatoms. The number of methoxy groups -OCH3 is 2. The highest BCUT2D eigenvalue weighted by Crippen LogP contribution is 2.35. The first-order chi connectivity index (χ1) is 16.5. The molecule has 7 nitrogen and oxygen atoms in total. The molecule has 0 N–H and O–H groups in total. The molecule has 0 aliphatic rings. The molecule has 0 bridgehead atoms. The minimum absolute atomic E-state index is 0.127. The van der Waals surface area contributed by atoms with Gasteiger partial charge in [0.1, 0.15) is 5.75 Å². The van der Waals surface area contributed by atoms with Crippen LogP contribution < -0.4 is 24.3 Å². The SMILES string of the molecule is COc1ccc(C(=O)Oc2c(I)cc(/C=c3\sc4nc5ccccc5n4c3=O)cc2OC)cc1. The maximum Gasteiger partial charge on any atom is 0.343 e. The molecule has 2 heterocycles. The Hall–Kier alpha value is -3.44. The summed E-state index contributed by atoms with van der Waals surface area (Å²) in [5.41, 5.74) is 2.58. The summed E-state index contributed by atoms with van der Waals surface area (Å²) in [6, 6.07) is 17.8. The fraction of sp³-hybridized carbons (Fsp3) is 0.0800. The monoisotopic (exact) mass is 584 g/mol. The van der Waals surface area contributed by atoms with E-state index in [0.717, 1.165) is 16.6 Å². The zero-order valence-corrected chi connectivity index (χ0v) is 21.0. The van der Waals surface area contributed by atoms with E-state index in [1.165, 1.54) is 18.4 Å². The average molecular weight is 584 g/mol. The van der Waals surface area contributed by atoms with Gasteiger partial charge in [-0.15, -0.1) is 0 Å². The molecule has 34 heavy (non-hydrogen) atoms. The first-order valence-electron chi connectivity index (χ1n) is 10.1. The third kappa shape index (κ3) is 4.01. The molecule has 0 fully saturated rings. The Balaban J connectivity index is 1.51. The number of hydrogen-bond donors (Lipinski definition) is 0. The smallest absolute Gasteiger partial charge is 0.343 e. The third-order valence-electron chi connectivity index (χ3n) is 5.22. The van der Waals surface area contributed by atoms with E-state index >= 15 is 0 Å². The molecule has 0 amide bonds. The molecular weight excluding hydrogens is 567 g/mol. The highest BCUT2D eigenvalue weighted by Gasteiger charge is 2.17. The lowest BCUT2D eigenvalue weighted by Gasteiger charge is -2.12. The lowest BCUT2D eigenvalue weighted by atomic mass is 10.2. The number of benzene rings is 3. The van der Waals surface area contributed by atoms with Crippen molar-refractivity contribution in [2.24, 2.45) is 0 Å². The number of para-hydroxylation sites is 2. The fourth-order valence-corrected chi connectivity index (χ4v) is 5.29. The number of esters is 1. The van der Waals surface area contributed by atoms with Gasteiger partial charge in [0.05, 0.1) is 38.9 Å². The van der Waals surface area contributed by atoms with Gasteiger partial charge in [0.25, 0.3) is 5.56 Å². The molecule has 170 valence electrons. The molecule has 0 aliphatic heterocycles. The van der Waals surface area contributed by atoms with Crippen molar-refractivity contribution in [1.82, 2.24) is 9.38 Å². The number of nitrogens with zero attached hydrogens (tertiary/aromatic N) is 2. The lowest BCUT2D eigenvalue weighted by molar-refractivity contribution is 0.0728. The Morgan fingerprint density at radius 2 is 1.82 bits per heavy atom. The molecule has 2 aromatic heterocycles. The summed E-state index contributed by atoms with van der Waals surface area (Å²) < 4.78 is 19.1. The van der Waals surface area contributed by atoms with E-state index in [1.54, 1.807) is 47.9 Å². The number of aromatic nitrogens is 2. The zero-order valence-electron chi connectivity index (χ0n) is 18.1. The topological polar surface area (TPSA) is 79.1 Å². The van der Waals surface area contributed by atoms with E-state index in [0.29, 0.717) is 35.9 Å². The number of imidazole rings is 1. The summed E-state index contributed by atoms with van der Waals surface area (Å²) >= 11 is 3.41. The van der Waals surface area contributed by atoms with E-state index in [2.05, 4.69) is 27.6 Å². The van der Waals surface area contributed by atoms with Gasteiger partial charge in [-0.25, -0.2) is 14.2 Å². The minimum Gasteiger partial charge on any atom is -0.497 e. The van der Waals surface area contributed by atoms with Gasteiger partial charge < -0.3 is 14.2 Å². The molecule has 0 saturated heterocycles. The largest absolute Gasteiger partial charge is 0.497 e. The summed E-state index contributed by atoms with van der Waals surface area (Å²) in [5, 5.41) is 0. The molecule has 0 aliphatic carbocycles. The van der Waals surface area contributed by atoms with Crippen LogP contribution in [0.15, 0.2) is 65.5 Å². The van der Waals surface area contributed by atoms with Crippen LogP contribution in [0.4, 0.5) is 0 Å². The first kappa shape index (κ1) is 22.4. The second-order valence-electron chi connectivity index (χ2n) is 7.29. The normalized spacial score (nSPS) is 11.8. The van der Waals surface area contributed by atoms with Crippen LogP contribution in [0.2, 0.25) is 0 Å². The predicted octanol–water partition coefficient (Wildman–Crippen LogP) is 4.30. The molecule has 0 saturated carbocycles. The fourth-order valence-electron chi connectivity index (χ4n) is 3.56. The van der Waals surface area contributed by atoms with Crippen molar-refractivity contribution in [2.45, 2.75) is 0 Å². The summed E-state index contributed by atoms with van der Waals surface area (Å²) in [7, 11) is 3.06. The van der Waals surface area contributed by atoms with E-state index in [4.69, 9.17) is 14.2 Å². The van der Waals surface area contributed by atoms with Gasteiger partial charge in [0.2, 0.25) is 0 Å². The van der Waals surface area contributed by atoms with Crippen molar-refractivity contribution in [1.29, 1.82) is 0 Å². The second kappa shape index (κ2) is 9.07. The van der Waals surface area contributed by atoms with Crippen LogP contribution >= 0.6 is 33.9 Å². The lowest BCUT2D eigenvalue weighted by Crippen LogP contribution is -2.22. The van der Waals surface area contributed by atoms with Crippen LogP contribution in [-0.2, 0) is 0 Å². The van der Waals surface area contributed by atoms with Crippen molar-refractivity contribution < 1.29 is 19.0 Å². The van der Waals surface area contributed by atoms with E-state index in [-0.39, 0.29) is 5.56 Å². The average Bonchev–Trinajstić information content (AvgIpc) is 3.36. The van der Waals surface area contributed by atoms with Crippen LogP contribution in [0.25, 0.3) is 22.1 Å². The Labute approximate surface area is 211 Å². The van der Waals surface area contributed by atoms with Crippen LogP contribution in [0.1, 0.15) is 15.9 Å². The van der Waals surface area contributed by atoms with Gasteiger partial charge in [-0.05, 0) is 82.8 Å². The molecule has 3 aromatic carbocycles. The summed E-state index contributed by atoms with van der Waals surface area (Å²) in [6.45, 7) is 0. The number of halogens is 1. The van der Waals surface area contributed by atoms with Crippen molar-refractivity contribution in [3.63, 3.8) is 0 Å². The minimum atomic E-state index is -0.510. The van der Waals surface area contributed by atoms with Gasteiger partial charge >= 0.3 is 5.97 Å². The number of carbonyl (C=O) groups is 1. The van der Waals surface area contributed by atoms with Crippen molar-refractivity contribution in [2.75, 3.05) is 14.2 Å². The maximum absolute atomic E-state index is 13.1. The van der Waals surface area contributed by atoms with Crippen LogP contribution in [-0.4, -0.2) is 29.6 Å². The Morgan fingerprint density at radius 1 is 1.06 bits per heavy atom. The molecular formula is C25H17IN2O5S. The number of fused-ring (bicyclic) bond motifs is 3. The number of rotatable bonds is 5. The maximum atomic E-state index is 13.1. The van der Waals surface area contributed by atoms with Crippen molar-refractivity contribution in [3.8, 4) is 17.2 Å².